The Morgan fingerprint density at radius 1 is 1.64 bits per heavy atom. The van der Waals surface area contributed by atoms with Crippen molar-refractivity contribution in [1.82, 2.24) is 10.2 Å². The number of amides is 2. The summed E-state index contributed by atoms with van der Waals surface area (Å²) in [4.78, 5) is 13.0. The van der Waals surface area contributed by atoms with Gasteiger partial charge in [-0.15, -0.1) is 0 Å². The maximum absolute atomic E-state index is 11.1. The molecule has 2 saturated heterocycles. The third kappa shape index (κ3) is 1.18. The number of hydrogen-bond donors (Lipinski definition) is 1. The molecule has 4 heteroatoms. The molecule has 1 N–H and O–H groups in total. The highest BCUT2D eigenvalue weighted by Crippen LogP contribution is 2.13. The molecule has 1 atom stereocenters. The maximum Gasteiger partial charge on any atom is 0.317 e. The molecule has 2 aliphatic rings. The molecule has 4 nitrogen and oxygen atoms in total. The largest absolute Gasteiger partial charge is 0.379 e. The first-order chi connectivity index (χ1) is 5.38. The van der Waals surface area contributed by atoms with E-state index in [4.69, 9.17) is 4.74 Å². The van der Waals surface area contributed by atoms with Crippen LogP contribution in [0.25, 0.3) is 0 Å². The number of ether oxygens (including phenoxy) is 1. The van der Waals surface area contributed by atoms with Crippen LogP contribution in [0.1, 0.15) is 6.42 Å². The first-order valence-electron chi connectivity index (χ1n) is 4.00. The van der Waals surface area contributed by atoms with E-state index < -0.39 is 0 Å². The molecule has 0 spiro atoms. The average molecular weight is 156 g/mol. The highest BCUT2D eigenvalue weighted by molar-refractivity contribution is 5.76. The molecule has 0 aliphatic carbocycles. The van der Waals surface area contributed by atoms with Crippen LogP contribution >= 0.6 is 0 Å². The molecule has 0 aromatic carbocycles. The highest BCUT2D eigenvalue weighted by atomic mass is 16.5. The molecule has 0 radical (unpaired) electrons. The smallest absolute Gasteiger partial charge is 0.317 e. The lowest BCUT2D eigenvalue weighted by atomic mass is 10.2. The van der Waals surface area contributed by atoms with Gasteiger partial charge in [-0.25, -0.2) is 4.79 Å². The Labute approximate surface area is 65.5 Å². The predicted molar refractivity (Wildman–Crippen MR) is 39.3 cm³/mol. The molecular weight excluding hydrogens is 144 g/mol. The van der Waals surface area contributed by atoms with Gasteiger partial charge in [0.25, 0.3) is 0 Å². The van der Waals surface area contributed by atoms with Crippen molar-refractivity contribution in [3.8, 4) is 0 Å². The van der Waals surface area contributed by atoms with E-state index in [0.29, 0.717) is 12.6 Å². The fourth-order valence-corrected chi connectivity index (χ4v) is 1.60. The van der Waals surface area contributed by atoms with E-state index in [-0.39, 0.29) is 6.03 Å². The topological polar surface area (TPSA) is 41.6 Å². The Balaban J connectivity index is 1.97. The van der Waals surface area contributed by atoms with Crippen LogP contribution in [-0.2, 0) is 4.74 Å². The highest BCUT2D eigenvalue weighted by Gasteiger charge is 2.29. The van der Waals surface area contributed by atoms with Gasteiger partial charge in [-0.1, -0.05) is 0 Å². The average Bonchev–Trinajstić information content (AvgIpc) is 2.55. The Bertz CT molecular complexity index is 166. The number of nitrogens with zero attached hydrogens (tertiary/aromatic N) is 1. The standard InChI is InChI=1S/C7H12N2O2/c10-7-8-2-3-9(7)6-1-4-11-5-6/h6H,1-5H2,(H,8,10)/t6-/m0/s1. The van der Waals surface area contributed by atoms with Gasteiger partial charge in [-0.2, -0.15) is 0 Å². The Kier molecular flexibility index (Phi) is 1.69. The lowest BCUT2D eigenvalue weighted by Crippen LogP contribution is -2.38. The van der Waals surface area contributed by atoms with Crippen LogP contribution in [0.5, 0.6) is 0 Å². The summed E-state index contributed by atoms with van der Waals surface area (Å²) >= 11 is 0. The summed E-state index contributed by atoms with van der Waals surface area (Å²) in [6, 6.07) is 0.401. The number of carbonyl (C=O) groups is 1. The van der Waals surface area contributed by atoms with Crippen molar-refractivity contribution < 1.29 is 9.53 Å². The van der Waals surface area contributed by atoms with Crippen molar-refractivity contribution in [2.75, 3.05) is 26.3 Å². The summed E-state index contributed by atoms with van der Waals surface area (Å²) in [7, 11) is 0. The zero-order valence-electron chi connectivity index (χ0n) is 6.38. The van der Waals surface area contributed by atoms with E-state index >= 15 is 0 Å². The van der Waals surface area contributed by atoms with Crippen LogP contribution in [0.4, 0.5) is 4.79 Å². The van der Waals surface area contributed by atoms with Crippen molar-refractivity contribution in [2.45, 2.75) is 12.5 Å². The van der Waals surface area contributed by atoms with Gasteiger partial charge in [0.05, 0.1) is 12.6 Å². The van der Waals surface area contributed by atoms with Crippen LogP contribution in [0.15, 0.2) is 0 Å². The van der Waals surface area contributed by atoms with Gasteiger partial charge in [-0.05, 0) is 6.42 Å². The lowest BCUT2D eigenvalue weighted by molar-refractivity contribution is 0.160. The van der Waals surface area contributed by atoms with Crippen LogP contribution < -0.4 is 5.32 Å². The molecular formula is C7H12N2O2. The van der Waals surface area contributed by atoms with E-state index in [1.54, 1.807) is 0 Å². The number of carbonyl (C=O) groups excluding carboxylic acids is 1. The number of rotatable bonds is 1. The summed E-state index contributed by atoms with van der Waals surface area (Å²) in [6.45, 7) is 3.14. The zero-order valence-corrected chi connectivity index (χ0v) is 6.38. The Hall–Kier alpha value is -0.770. The molecule has 0 saturated carbocycles. The van der Waals surface area contributed by atoms with Gasteiger partial charge in [0.2, 0.25) is 0 Å². The summed E-state index contributed by atoms with van der Waals surface area (Å²) in [5, 5.41) is 2.78. The second-order valence-corrected chi connectivity index (χ2v) is 2.94. The fourth-order valence-electron chi connectivity index (χ4n) is 1.60. The minimum absolute atomic E-state index is 0.0699. The van der Waals surface area contributed by atoms with E-state index in [1.807, 2.05) is 4.90 Å². The third-order valence-electron chi connectivity index (χ3n) is 2.24. The second kappa shape index (κ2) is 2.70. The van der Waals surface area contributed by atoms with E-state index in [0.717, 1.165) is 26.1 Å². The summed E-state index contributed by atoms with van der Waals surface area (Å²) < 4.78 is 5.20. The second-order valence-electron chi connectivity index (χ2n) is 2.94. The van der Waals surface area contributed by atoms with Crippen LogP contribution in [0.2, 0.25) is 0 Å². The summed E-state index contributed by atoms with van der Waals surface area (Å²) in [5.74, 6) is 0. The molecule has 2 heterocycles. The minimum atomic E-state index is 0.0699. The Morgan fingerprint density at radius 3 is 3.09 bits per heavy atom. The quantitative estimate of drug-likeness (QED) is 0.571. The predicted octanol–water partition coefficient (Wildman–Crippen LogP) is -0.200. The molecule has 62 valence electrons. The summed E-state index contributed by atoms with van der Waals surface area (Å²) in [5.41, 5.74) is 0. The van der Waals surface area contributed by atoms with Crippen molar-refractivity contribution in [2.24, 2.45) is 0 Å². The van der Waals surface area contributed by atoms with Crippen molar-refractivity contribution in [3.63, 3.8) is 0 Å². The van der Waals surface area contributed by atoms with Crippen LogP contribution in [0, 0.1) is 0 Å². The SMILES string of the molecule is O=C1NCCN1[C@H]1CCOC1. The minimum Gasteiger partial charge on any atom is -0.379 e. The molecule has 2 aliphatic heterocycles. The fraction of sp³-hybridized carbons (Fsp3) is 0.857. The van der Waals surface area contributed by atoms with Gasteiger partial charge in [0.1, 0.15) is 0 Å². The van der Waals surface area contributed by atoms with Gasteiger partial charge in [0.15, 0.2) is 0 Å². The lowest BCUT2D eigenvalue weighted by Gasteiger charge is -2.20. The number of nitrogens with one attached hydrogen (secondary N) is 1. The molecule has 2 rings (SSSR count). The van der Waals surface area contributed by atoms with E-state index in [1.165, 1.54) is 0 Å². The molecule has 0 aromatic heterocycles. The monoisotopic (exact) mass is 156 g/mol. The van der Waals surface area contributed by atoms with Gasteiger partial charge in [-0.3, -0.25) is 0 Å². The van der Waals surface area contributed by atoms with E-state index in [2.05, 4.69) is 5.32 Å². The normalized spacial score (nSPS) is 31.1. The van der Waals surface area contributed by atoms with Crippen LogP contribution in [0.3, 0.4) is 0 Å². The van der Waals surface area contributed by atoms with Crippen molar-refractivity contribution >= 4 is 6.03 Å². The molecule has 0 unspecified atom stereocenters. The van der Waals surface area contributed by atoms with Gasteiger partial charge < -0.3 is 15.0 Å². The van der Waals surface area contributed by atoms with Crippen molar-refractivity contribution in [1.29, 1.82) is 0 Å². The summed E-state index contributed by atoms with van der Waals surface area (Å²) in [6.07, 6.45) is 0.993. The molecule has 0 aromatic rings. The van der Waals surface area contributed by atoms with Crippen LogP contribution in [-0.4, -0.2) is 43.3 Å². The van der Waals surface area contributed by atoms with Gasteiger partial charge in [0, 0.05) is 19.7 Å². The molecule has 0 bridgehead atoms. The van der Waals surface area contributed by atoms with Crippen molar-refractivity contribution in [3.05, 3.63) is 0 Å². The Morgan fingerprint density at radius 2 is 2.55 bits per heavy atom. The molecule has 2 fully saturated rings. The van der Waals surface area contributed by atoms with E-state index in [9.17, 15) is 4.79 Å². The first kappa shape index (κ1) is 6.91. The third-order valence-corrected chi connectivity index (χ3v) is 2.24. The molecule has 2 amide bonds. The maximum atomic E-state index is 11.1. The van der Waals surface area contributed by atoms with Gasteiger partial charge >= 0.3 is 6.03 Å². The number of urea groups is 1. The first-order valence-corrected chi connectivity index (χ1v) is 4.00. The zero-order chi connectivity index (χ0) is 7.68. The number of hydrogen-bond acceptors (Lipinski definition) is 2. The molecule has 11 heavy (non-hydrogen) atoms.